The van der Waals surface area contributed by atoms with Gasteiger partial charge in [-0.25, -0.2) is 9.37 Å². The Bertz CT molecular complexity index is 1240. The van der Waals surface area contributed by atoms with Crippen molar-refractivity contribution in [1.29, 1.82) is 0 Å². The molecule has 6 nitrogen and oxygen atoms in total. The summed E-state index contributed by atoms with van der Waals surface area (Å²) in [5.41, 5.74) is 1.49. The van der Waals surface area contributed by atoms with Gasteiger partial charge in [0.05, 0.1) is 11.4 Å². The van der Waals surface area contributed by atoms with Crippen molar-refractivity contribution in [3.8, 4) is 11.5 Å². The second kappa shape index (κ2) is 9.76. The van der Waals surface area contributed by atoms with E-state index in [-0.39, 0.29) is 23.0 Å². The molecule has 0 unspecified atom stereocenters. The Balaban J connectivity index is 1.22. The van der Waals surface area contributed by atoms with Crippen molar-refractivity contribution in [2.75, 3.05) is 5.75 Å². The standard InChI is InChI=1S/C22H18FN3O3S2/c23-16-3-7-19(8-4-16)29-18-5-1-15(2-6-18)12-24-20(27)14-30-13-17-11-21(28)26-9-10-31-22(26)25-17/h1-11H,12-14H2,(H,24,27). The molecule has 1 amide bonds. The van der Waals surface area contributed by atoms with E-state index in [1.54, 1.807) is 30.5 Å². The normalized spacial score (nSPS) is 10.9. The van der Waals surface area contributed by atoms with Crippen molar-refractivity contribution in [2.24, 2.45) is 0 Å². The summed E-state index contributed by atoms with van der Waals surface area (Å²) < 4.78 is 20.1. The van der Waals surface area contributed by atoms with E-state index < -0.39 is 0 Å². The van der Waals surface area contributed by atoms with Crippen LogP contribution in [0.4, 0.5) is 4.39 Å². The fourth-order valence-corrected chi connectivity index (χ4v) is 4.26. The summed E-state index contributed by atoms with van der Waals surface area (Å²) in [6, 6.07) is 14.6. The first-order valence-corrected chi connectivity index (χ1v) is 11.4. The monoisotopic (exact) mass is 455 g/mol. The van der Waals surface area contributed by atoms with E-state index in [1.807, 2.05) is 17.5 Å². The maximum Gasteiger partial charge on any atom is 0.258 e. The third kappa shape index (κ3) is 5.71. The van der Waals surface area contributed by atoms with Gasteiger partial charge in [0, 0.05) is 29.9 Å². The number of hydrogen-bond acceptors (Lipinski definition) is 6. The fraction of sp³-hybridized carbons (Fsp3) is 0.136. The number of carbonyl (C=O) groups excluding carboxylic acids is 1. The molecular weight excluding hydrogens is 437 g/mol. The number of nitrogens with zero attached hydrogens (tertiary/aromatic N) is 2. The molecule has 2 aromatic heterocycles. The summed E-state index contributed by atoms with van der Waals surface area (Å²) >= 11 is 2.81. The second-order valence-electron chi connectivity index (χ2n) is 6.61. The van der Waals surface area contributed by atoms with Gasteiger partial charge in [-0.1, -0.05) is 12.1 Å². The van der Waals surface area contributed by atoms with E-state index in [2.05, 4.69) is 10.3 Å². The van der Waals surface area contributed by atoms with Crippen LogP contribution in [0.25, 0.3) is 4.96 Å². The molecule has 2 heterocycles. The van der Waals surface area contributed by atoms with Gasteiger partial charge in [-0.2, -0.15) is 0 Å². The van der Waals surface area contributed by atoms with Crippen molar-refractivity contribution < 1.29 is 13.9 Å². The average molecular weight is 456 g/mol. The maximum absolute atomic E-state index is 12.9. The van der Waals surface area contributed by atoms with Gasteiger partial charge >= 0.3 is 0 Å². The lowest BCUT2D eigenvalue weighted by atomic mass is 10.2. The van der Waals surface area contributed by atoms with Crippen LogP contribution in [0.15, 0.2) is 71.0 Å². The van der Waals surface area contributed by atoms with Gasteiger partial charge in [-0.3, -0.25) is 14.0 Å². The molecule has 0 atom stereocenters. The molecular formula is C22H18FN3O3S2. The van der Waals surface area contributed by atoms with E-state index in [1.165, 1.54) is 45.7 Å². The predicted octanol–water partition coefficient (Wildman–Crippen LogP) is 4.24. The highest BCUT2D eigenvalue weighted by atomic mass is 32.2. The van der Waals surface area contributed by atoms with E-state index >= 15 is 0 Å². The molecule has 0 saturated heterocycles. The van der Waals surface area contributed by atoms with Gasteiger partial charge in [0.1, 0.15) is 17.3 Å². The van der Waals surface area contributed by atoms with Crippen molar-refractivity contribution in [1.82, 2.24) is 14.7 Å². The Morgan fingerprint density at radius 3 is 2.58 bits per heavy atom. The van der Waals surface area contributed by atoms with Gasteiger partial charge in [0.2, 0.25) is 5.91 Å². The van der Waals surface area contributed by atoms with Crippen LogP contribution in [0.1, 0.15) is 11.3 Å². The highest BCUT2D eigenvalue weighted by Gasteiger charge is 2.06. The lowest BCUT2D eigenvalue weighted by molar-refractivity contribution is -0.118. The molecule has 0 fully saturated rings. The molecule has 0 bridgehead atoms. The maximum atomic E-state index is 12.9. The van der Waals surface area contributed by atoms with Gasteiger partial charge in [0.25, 0.3) is 5.56 Å². The predicted molar refractivity (Wildman–Crippen MR) is 120 cm³/mol. The second-order valence-corrected chi connectivity index (χ2v) is 8.47. The van der Waals surface area contributed by atoms with Crippen LogP contribution in [0.3, 0.4) is 0 Å². The molecule has 158 valence electrons. The minimum Gasteiger partial charge on any atom is -0.457 e. The number of nitrogens with one attached hydrogen (secondary N) is 1. The topological polar surface area (TPSA) is 72.7 Å². The van der Waals surface area contributed by atoms with Crippen LogP contribution in [0, 0.1) is 5.82 Å². The molecule has 0 aliphatic rings. The van der Waals surface area contributed by atoms with Crippen molar-refractivity contribution in [3.63, 3.8) is 0 Å². The number of fused-ring (bicyclic) bond motifs is 1. The van der Waals surface area contributed by atoms with Crippen molar-refractivity contribution in [2.45, 2.75) is 12.3 Å². The molecule has 1 N–H and O–H groups in total. The first-order chi connectivity index (χ1) is 15.1. The van der Waals surface area contributed by atoms with Crippen molar-refractivity contribution >= 4 is 34.0 Å². The van der Waals surface area contributed by atoms with Gasteiger partial charge in [-0.15, -0.1) is 23.1 Å². The zero-order chi connectivity index (χ0) is 21.6. The molecule has 0 aliphatic carbocycles. The number of rotatable bonds is 8. The summed E-state index contributed by atoms with van der Waals surface area (Å²) in [6.45, 7) is 0.400. The number of thioether (sulfide) groups is 1. The number of halogens is 1. The molecule has 0 aliphatic heterocycles. The number of benzene rings is 2. The Morgan fingerprint density at radius 1 is 1.13 bits per heavy atom. The fourth-order valence-electron chi connectivity index (χ4n) is 2.78. The number of ether oxygens (including phenoxy) is 1. The summed E-state index contributed by atoms with van der Waals surface area (Å²) in [4.78, 5) is 29.2. The minimum absolute atomic E-state index is 0.0921. The zero-order valence-corrected chi connectivity index (χ0v) is 17.9. The molecule has 4 aromatic rings. The molecule has 31 heavy (non-hydrogen) atoms. The Labute approximate surface area is 185 Å². The van der Waals surface area contributed by atoms with E-state index in [4.69, 9.17) is 4.74 Å². The largest absolute Gasteiger partial charge is 0.457 e. The third-order valence-electron chi connectivity index (χ3n) is 4.30. The highest BCUT2D eigenvalue weighted by Crippen LogP contribution is 2.22. The van der Waals surface area contributed by atoms with Crippen molar-refractivity contribution in [3.05, 3.63) is 93.6 Å². The number of aromatic nitrogens is 2. The van der Waals surface area contributed by atoms with Crippen LogP contribution < -0.4 is 15.6 Å². The summed E-state index contributed by atoms with van der Waals surface area (Å²) in [5, 5.41) is 4.69. The van der Waals surface area contributed by atoms with Crippen LogP contribution in [-0.4, -0.2) is 21.0 Å². The van der Waals surface area contributed by atoms with Gasteiger partial charge < -0.3 is 10.1 Å². The summed E-state index contributed by atoms with van der Waals surface area (Å²) in [6.07, 6.45) is 1.70. The molecule has 0 spiro atoms. The van der Waals surface area contributed by atoms with Crippen LogP contribution >= 0.6 is 23.1 Å². The average Bonchev–Trinajstić information content (AvgIpc) is 3.24. The summed E-state index contributed by atoms with van der Waals surface area (Å²) in [7, 11) is 0. The van der Waals surface area contributed by atoms with Gasteiger partial charge in [-0.05, 0) is 42.0 Å². The smallest absolute Gasteiger partial charge is 0.258 e. The SMILES string of the molecule is O=C(CSCc1cc(=O)n2ccsc2n1)NCc1ccc(Oc2ccc(F)cc2)cc1. The highest BCUT2D eigenvalue weighted by molar-refractivity contribution is 7.99. The number of carbonyl (C=O) groups is 1. The minimum atomic E-state index is -0.314. The Hall–Kier alpha value is -3.17. The first kappa shape index (κ1) is 21.1. The lowest BCUT2D eigenvalue weighted by Gasteiger charge is -2.08. The summed E-state index contributed by atoms with van der Waals surface area (Å²) in [5.74, 6) is 1.54. The third-order valence-corrected chi connectivity index (χ3v) is 6.02. The molecule has 0 radical (unpaired) electrons. The Morgan fingerprint density at radius 2 is 1.84 bits per heavy atom. The van der Waals surface area contributed by atoms with Crippen LogP contribution in [-0.2, 0) is 17.1 Å². The Kier molecular flexibility index (Phi) is 6.63. The number of amides is 1. The molecule has 2 aromatic carbocycles. The van der Waals surface area contributed by atoms with Crippen LogP contribution in [0.2, 0.25) is 0 Å². The zero-order valence-electron chi connectivity index (χ0n) is 16.3. The quantitative estimate of drug-likeness (QED) is 0.430. The first-order valence-electron chi connectivity index (χ1n) is 9.39. The number of hydrogen-bond donors (Lipinski definition) is 1. The van der Waals surface area contributed by atoms with Gasteiger partial charge in [0.15, 0.2) is 4.96 Å². The number of thiazole rings is 1. The van der Waals surface area contributed by atoms with E-state index in [0.717, 1.165) is 5.56 Å². The van der Waals surface area contributed by atoms with E-state index in [0.29, 0.717) is 34.5 Å². The molecule has 9 heteroatoms. The molecule has 4 rings (SSSR count). The van der Waals surface area contributed by atoms with Crippen LogP contribution in [0.5, 0.6) is 11.5 Å². The van der Waals surface area contributed by atoms with E-state index in [9.17, 15) is 14.0 Å². The lowest BCUT2D eigenvalue weighted by Crippen LogP contribution is -2.24. The molecule has 0 saturated carbocycles.